The molecule has 0 atom stereocenters. The Morgan fingerprint density at radius 3 is 2.55 bits per heavy atom. The molecule has 0 saturated carbocycles. The van der Waals surface area contributed by atoms with Crippen molar-refractivity contribution in [2.24, 2.45) is 0 Å². The third kappa shape index (κ3) is 3.56. The highest BCUT2D eigenvalue weighted by Gasteiger charge is 2.13. The van der Waals surface area contributed by atoms with E-state index in [1.807, 2.05) is 36.2 Å². The number of carboxylic acids is 1. The van der Waals surface area contributed by atoms with Crippen LogP contribution in [0.5, 0.6) is 0 Å². The van der Waals surface area contributed by atoms with Crippen LogP contribution in [-0.4, -0.2) is 28.0 Å². The summed E-state index contributed by atoms with van der Waals surface area (Å²) in [4.78, 5) is 17.0. The highest BCUT2D eigenvalue weighted by Crippen LogP contribution is 2.18. The lowest BCUT2D eigenvalue weighted by Crippen LogP contribution is -2.19. The van der Waals surface area contributed by atoms with Crippen molar-refractivity contribution in [3.63, 3.8) is 0 Å². The molecule has 0 saturated heterocycles. The number of hydrogen-bond donors (Lipinski definition) is 1. The van der Waals surface area contributed by atoms with Gasteiger partial charge in [0.25, 0.3) is 0 Å². The van der Waals surface area contributed by atoms with Gasteiger partial charge in [0, 0.05) is 24.3 Å². The standard InChI is InChI=1S/C15H15ClN2O2/c1-18(9-11-5-2-3-7-13(11)16)10-12-6-4-8-17-14(12)15(19)20/h2-8H,9-10H2,1H3,(H,19,20). The molecule has 2 aromatic rings. The van der Waals surface area contributed by atoms with Gasteiger partial charge in [0.15, 0.2) is 5.69 Å². The number of aromatic carboxylic acids is 1. The Morgan fingerprint density at radius 2 is 1.85 bits per heavy atom. The molecule has 1 aromatic heterocycles. The summed E-state index contributed by atoms with van der Waals surface area (Å²) < 4.78 is 0. The predicted octanol–water partition coefficient (Wildman–Crippen LogP) is 3.07. The molecule has 0 radical (unpaired) electrons. The summed E-state index contributed by atoms with van der Waals surface area (Å²) >= 11 is 6.12. The molecule has 5 heteroatoms. The fourth-order valence-electron chi connectivity index (χ4n) is 2.02. The molecule has 2 rings (SSSR count). The second-order valence-corrected chi connectivity index (χ2v) is 4.99. The molecule has 0 spiro atoms. The summed E-state index contributed by atoms with van der Waals surface area (Å²) in [5.41, 5.74) is 1.80. The van der Waals surface area contributed by atoms with Gasteiger partial charge < -0.3 is 5.11 Å². The Labute approximate surface area is 122 Å². The van der Waals surface area contributed by atoms with E-state index in [4.69, 9.17) is 16.7 Å². The van der Waals surface area contributed by atoms with Crippen LogP contribution in [0, 0.1) is 0 Å². The van der Waals surface area contributed by atoms with Crippen LogP contribution >= 0.6 is 11.6 Å². The van der Waals surface area contributed by atoms with E-state index in [1.165, 1.54) is 6.20 Å². The normalized spacial score (nSPS) is 10.8. The highest BCUT2D eigenvalue weighted by molar-refractivity contribution is 6.31. The van der Waals surface area contributed by atoms with E-state index in [0.717, 1.165) is 5.56 Å². The van der Waals surface area contributed by atoms with Gasteiger partial charge in [-0.1, -0.05) is 35.9 Å². The number of pyridine rings is 1. The lowest BCUT2D eigenvalue weighted by Gasteiger charge is -2.18. The predicted molar refractivity (Wildman–Crippen MR) is 77.8 cm³/mol. The van der Waals surface area contributed by atoms with Gasteiger partial charge in [-0.05, 0) is 30.3 Å². The lowest BCUT2D eigenvalue weighted by molar-refractivity contribution is 0.0688. The minimum atomic E-state index is -1.01. The first kappa shape index (κ1) is 14.5. The van der Waals surface area contributed by atoms with Crippen molar-refractivity contribution in [1.29, 1.82) is 0 Å². The van der Waals surface area contributed by atoms with Gasteiger partial charge in [-0.3, -0.25) is 4.90 Å². The molecule has 4 nitrogen and oxygen atoms in total. The van der Waals surface area contributed by atoms with Gasteiger partial charge in [0.2, 0.25) is 0 Å². The Hall–Kier alpha value is -1.91. The molecule has 0 aliphatic rings. The first-order valence-electron chi connectivity index (χ1n) is 6.17. The molecule has 0 aliphatic heterocycles. The van der Waals surface area contributed by atoms with Gasteiger partial charge >= 0.3 is 5.97 Å². The first-order valence-corrected chi connectivity index (χ1v) is 6.55. The Morgan fingerprint density at radius 1 is 1.20 bits per heavy atom. The van der Waals surface area contributed by atoms with E-state index < -0.39 is 5.97 Å². The van der Waals surface area contributed by atoms with E-state index in [2.05, 4.69) is 4.98 Å². The third-order valence-electron chi connectivity index (χ3n) is 2.93. The molecule has 104 valence electrons. The molecule has 0 unspecified atom stereocenters. The lowest BCUT2D eigenvalue weighted by atomic mass is 10.1. The number of carboxylic acid groups (broad SMARTS) is 1. The van der Waals surface area contributed by atoms with Crippen molar-refractivity contribution in [3.8, 4) is 0 Å². The SMILES string of the molecule is CN(Cc1ccccc1Cl)Cc1cccnc1C(=O)O. The van der Waals surface area contributed by atoms with Crippen molar-refractivity contribution in [3.05, 3.63) is 64.4 Å². The highest BCUT2D eigenvalue weighted by atomic mass is 35.5. The van der Waals surface area contributed by atoms with E-state index >= 15 is 0 Å². The fourth-order valence-corrected chi connectivity index (χ4v) is 2.22. The molecule has 0 fully saturated rings. The van der Waals surface area contributed by atoms with Gasteiger partial charge in [0.1, 0.15) is 0 Å². The minimum absolute atomic E-state index is 0.0958. The second kappa shape index (κ2) is 6.50. The zero-order valence-corrected chi connectivity index (χ0v) is 11.8. The number of hydrogen-bond acceptors (Lipinski definition) is 3. The number of rotatable bonds is 5. The smallest absolute Gasteiger partial charge is 0.354 e. The maximum Gasteiger partial charge on any atom is 0.354 e. The summed E-state index contributed by atoms with van der Waals surface area (Å²) in [6, 6.07) is 11.1. The molecule has 0 amide bonds. The van der Waals surface area contributed by atoms with Crippen molar-refractivity contribution >= 4 is 17.6 Å². The van der Waals surface area contributed by atoms with Crippen LogP contribution in [0.3, 0.4) is 0 Å². The number of benzene rings is 1. The number of nitrogens with zero attached hydrogens (tertiary/aromatic N) is 2. The minimum Gasteiger partial charge on any atom is -0.477 e. The van der Waals surface area contributed by atoms with Crippen LogP contribution in [0.2, 0.25) is 5.02 Å². The molecule has 1 heterocycles. The molecular formula is C15H15ClN2O2. The van der Waals surface area contributed by atoms with E-state index in [1.54, 1.807) is 12.1 Å². The molecule has 1 aromatic carbocycles. The van der Waals surface area contributed by atoms with Gasteiger partial charge in [-0.25, -0.2) is 9.78 Å². The van der Waals surface area contributed by atoms with E-state index in [9.17, 15) is 4.79 Å². The number of halogens is 1. The maximum atomic E-state index is 11.1. The third-order valence-corrected chi connectivity index (χ3v) is 3.30. The van der Waals surface area contributed by atoms with E-state index in [-0.39, 0.29) is 5.69 Å². The molecule has 0 aliphatic carbocycles. The topological polar surface area (TPSA) is 53.4 Å². The van der Waals surface area contributed by atoms with Crippen LogP contribution in [-0.2, 0) is 13.1 Å². The number of aromatic nitrogens is 1. The summed E-state index contributed by atoms with van der Waals surface area (Å²) in [6.07, 6.45) is 1.49. The average Bonchev–Trinajstić information content (AvgIpc) is 2.41. The van der Waals surface area contributed by atoms with Crippen molar-refractivity contribution in [2.45, 2.75) is 13.1 Å². The van der Waals surface area contributed by atoms with Crippen molar-refractivity contribution < 1.29 is 9.90 Å². The molecular weight excluding hydrogens is 276 g/mol. The monoisotopic (exact) mass is 290 g/mol. The van der Waals surface area contributed by atoms with E-state index in [0.29, 0.717) is 23.7 Å². The maximum absolute atomic E-state index is 11.1. The molecule has 20 heavy (non-hydrogen) atoms. The Bertz CT molecular complexity index is 616. The zero-order valence-electron chi connectivity index (χ0n) is 11.1. The van der Waals surface area contributed by atoms with Crippen LogP contribution < -0.4 is 0 Å². The summed E-state index contributed by atoms with van der Waals surface area (Å²) in [5, 5.41) is 9.82. The second-order valence-electron chi connectivity index (χ2n) is 4.58. The summed E-state index contributed by atoms with van der Waals surface area (Å²) in [5.74, 6) is -1.01. The zero-order chi connectivity index (χ0) is 14.5. The Balaban J connectivity index is 2.11. The van der Waals surface area contributed by atoms with Crippen LogP contribution in [0.4, 0.5) is 0 Å². The summed E-state index contributed by atoms with van der Waals surface area (Å²) in [7, 11) is 1.92. The quantitative estimate of drug-likeness (QED) is 0.919. The average molecular weight is 291 g/mol. The van der Waals surface area contributed by atoms with Crippen LogP contribution in [0.25, 0.3) is 0 Å². The van der Waals surface area contributed by atoms with Crippen molar-refractivity contribution in [2.75, 3.05) is 7.05 Å². The van der Waals surface area contributed by atoms with Gasteiger partial charge in [-0.2, -0.15) is 0 Å². The van der Waals surface area contributed by atoms with Gasteiger partial charge in [-0.15, -0.1) is 0 Å². The first-order chi connectivity index (χ1) is 9.58. The summed E-state index contributed by atoms with van der Waals surface area (Å²) in [6.45, 7) is 1.15. The van der Waals surface area contributed by atoms with Crippen LogP contribution in [0.1, 0.15) is 21.6 Å². The number of carbonyl (C=O) groups is 1. The molecule has 1 N–H and O–H groups in total. The molecule has 0 bridgehead atoms. The Kier molecular flexibility index (Phi) is 4.71. The van der Waals surface area contributed by atoms with Crippen molar-refractivity contribution in [1.82, 2.24) is 9.88 Å². The van der Waals surface area contributed by atoms with Crippen LogP contribution in [0.15, 0.2) is 42.6 Å². The fraction of sp³-hybridized carbons (Fsp3) is 0.200. The largest absolute Gasteiger partial charge is 0.477 e. The van der Waals surface area contributed by atoms with Gasteiger partial charge in [0.05, 0.1) is 0 Å².